The van der Waals surface area contributed by atoms with E-state index in [-0.39, 0.29) is 18.0 Å². The van der Waals surface area contributed by atoms with E-state index in [2.05, 4.69) is 0 Å². The van der Waals surface area contributed by atoms with Gasteiger partial charge in [-0.2, -0.15) is 13.2 Å². The normalized spacial score (nSPS) is 30.0. The smallest absolute Gasteiger partial charge is 0.390 e. The predicted octanol–water partition coefficient (Wildman–Crippen LogP) is 2.42. The molecule has 0 aromatic carbocycles. The third-order valence-electron chi connectivity index (χ3n) is 3.56. The first-order chi connectivity index (χ1) is 7.13. The topological polar surface area (TPSA) is 23.5 Å². The van der Waals surface area contributed by atoms with Crippen LogP contribution >= 0.6 is 0 Å². The summed E-state index contributed by atoms with van der Waals surface area (Å²) in [7, 11) is 1.65. The molecular formula is C11H20F3NO. The standard InChI is InChI=1S/C11H20F3NO/c1-10(2)5-4-8(9(10)16)15(3)7-6-11(12,13)14/h8-9,16H,4-7H2,1-3H3. The Morgan fingerprint density at radius 3 is 2.31 bits per heavy atom. The van der Waals surface area contributed by atoms with Crippen molar-refractivity contribution < 1.29 is 18.3 Å². The van der Waals surface area contributed by atoms with Gasteiger partial charge in [-0.15, -0.1) is 0 Å². The van der Waals surface area contributed by atoms with Crippen molar-refractivity contribution in [2.45, 2.75) is 51.4 Å². The van der Waals surface area contributed by atoms with E-state index < -0.39 is 18.7 Å². The van der Waals surface area contributed by atoms with Crippen LogP contribution in [0.3, 0.4) is 0 Å². The van der Waals surface area contributed by atoms with E-state index in [9.17, 15) is 18.3 Å². The molecule has 1 rings (SSSR count). The lowest BCUT2D eigenvalue weighted by Crippen LogP contribution is -2.43. The summed E-state index contributed by atoms with van der Waals surface area (Å²) in [5, 5.41) is 9.99. The molecule has 0 heterocycles. The maximum absolute atomic E-state index is 12.1. The Bertz CT molecular complexity index is 240. The number of halogens is 3. The Labute approximate surface area is 94.4 Å². The van der Waals surface area contributed by atoms with Gasteiger partial charge in [-0.1, -0.05) is 13.8 Å². The molecule has 1 N–H and O–H groups in total. The van der Waals surface area contributed by atoms with E-state index in [1.54, 1.807) is 11.9 Å². The molecule has 96 valence electrons. The van der Waals surface area contributed by atoms with Crippen molar-refractivity contribution in [2.24, 2.45) is 5.41 Å². The molecule has 5 heteroatoms. The highest BCUT2D eigenvalue weighted by molar-refractivity contribution is 4.95. The van der Waals surface area contributed by atoms with Crippen LogP contribution in [0.5, 0.6) is 0 Å². The number of nitrogens with zero attached hydrogens (tertiary/aromatic N) is 1. The van der Waals surface area contributed by atoms with Gasteiger partial charge in [0.05, 0.1) is 12.5 Å². The lowest BCUT2D eigenvalue weighted by Gasteiger charge is -2.31. The SMILES string of the molecule is CN(CCC(F)(F)F)C1CCC(C)(C)C1O. The summed E-state index contributed by atoms with van der Waals surface area (Å²) in [5.74, 6) is 0. The zero-order chi connectivity index (χ0) is 12.6. The summed E-state index contributed by atoms with van der Waals surface area (Å²) in [6.07, 6.45) is -3.84. The summed E-state index contributed by atoms with van der Waals surface area (Å²) in [6.45, 7) is 3.87. The van der Waals surface area contributed by atoms with Crippen molar-refractivity contribution in [3.8, 4) is 0 Å². The van der Waals surface area contributed by atoms with Crippen LogP contribution in [0.15, 0.2) is 0 Å². The molecule has 0 aliphatic heterocycles. The van der Waals surface area contributed by atoms with Crippen LogP contribution in [-0.4, -0.2) is 41.9 Å². The van der Waals surface area contributed by atoms with Crippen molar-refractivity contribution >= 4 is 0 Å². The number of likely N-dealkylation sites (N-methyl/N-ethyl adjacent to an activating group) is 1. The van der Waals surface area contributed by atoms with E-state index >= 15 is 0 Å². The van der Waals surface area contributed by atoms with Gasteiger partial charge >= 0.3 is 6.18 Å². The Morgan fingerprint density at radius 2 is 1.94 bits per heavy atom. The first kappa shape index (κ1) is 13.8. The summed E-state index contributed by atoms with van der Waals surface area (Å²) >= 11 is 0. The van der Waals surface area contributed by atoms with Crippen molar-refractivity contribution in [1.82, 2.24) is 4.90 Å². The first-order valence-corrected chi connectivity index (χ1v) is 5.58. The minimum atomic E-state index is -4.12. The number of hydrogen-bond donors (Lipinski definition) is 1. The van der Waals surface area contributed by atoms with Crippen LogP contribution in [0.1, 0.15) is 33.1 Å². The van der Waals surface area contributed by atoms with Crippen LogP contribution in [0, 0.1) is 5.41 Å². The molecule has 1 fully saturated rings. The molecule has 2 nitrogen and oxygen atoms in total. The highest BCUT2D eigenvalue weighted by atomic mass is 19.4. The van der Waals surface area contributed by atoms with Gasteiger partial charge in [-0.25, -0.2) is 0 Å². The van der Waals surface area contributed by atoms with E-state index in [1.165, 1.54) is 0 Å². The molecule has 0 aromatic heterocycles. The molecule has 0 amide bonds. The van der Waals surface area contributed by atoms with Gasteiger partial charge in [-0.3, -0.25) is 0 Å². The Balaban J connectivity index is 2.47. The van der Waals surface area contributed by atoms with Gasteiger partial charge in [0.2, 0.25) is 0 Å². The molecule has 0 aromatic rings. The van der Waals surface area contributed by atoms with Crippen LogP contribution in [0.4, 0.5) is 13.2 Å². The van der Waals surface area contributed by atoms with Crippen molar-refractivity contribution in [3.05, 3.63) is 0 Å². The molecule has 0 saturated heterocycles. The lowest BCUT2D eigenvalue weighted by molar-refractivity contribution is -0.139. The fourth-order valence-electron chi connectivity index (χ4n) is 2.28. The minimum Gasteiger partial charge on any atom is -0.391 e. The van der Waals surface area contributed by atoms with Crippen LogP contribution in [-0.2, 0) is 0 Å². The fourth-order valence-corrected chi connectivity index (χ4v) is 2.28. The Kier molecular flexibility index (Phi) is 3.90. The molecule has 2 atom stereocenters. The third kappa shape index (κ3) is 3.35. The van der Waals surface area contributed by atoms with Gasteiger partial charge in [0, 0.05) is 12.6 Å². The highest BCUT2D eigenvalue weighted by Crippen LogP contribution is 2.39. The number of rotatable bonds is 3. The molecular weight excluding hydrogens is 219 g/mol. The van der Waals surface area contributed by atoms with Gasteiger partial charge in [0.25, 0.3) is 0 Å². The summed E-state index contributed by atoms with van der Waals surface area (Å²) in [5.41, 5.74) is -0.183. The predicted molar refractivity (Wildman–Crippen MR) is 56.1 cm³/mol. The average Bonchev–Trinajstić information content (AvgIpc) is 2.38. The van der Waals surface area contributed by atoms with E-state index in [0.717, 1.165) is 12.8 Å². The maximum atomic E-state index is 12.1. The molecule has 0 radical (unpaired) electrons. The van der Waals surface area contributed by atoms with Gasteiger partial charge in [-0.05, 0) is 25.3 Å². The second kappa shape index (κ2) is 4.53. The Morgan fingerprint density at radius 1 is 1.38 bits per heavy atom. The maximum Gasteiger partial charge on any atom is 0.390 e. The minimum absolute atomic E-state index is 0.0404. The van der Waals surface area contributed by atoms with E-state index in [1.807, 2.05) is 13.8 Å². The van der Waals surface area contributed by atoms with Gasteiger partial charge in [0.15, 0.2) is 0 Å². The largest absolute Gasteiger partial charge is 0.391 e. The van der Waals surface area contributed by atoms with Gasteiger partial charge in [0.1, 0.15) is 0 Å². The zero-order valence-corrected chi connectivity index (χ0v) is 10.0. The highest BCUT2D eigenvalue weighted by Gasteiger charge is 2.42. The fraction of sp³-hybridized carbons (Fsp3) is 1.00. The van der Waals surface area contributed by atoms with Crippen molar-refractivity contribution in [3.63, 3.8) is 0 Å². The Hall–Kier alpha value is -0.290. The second-order valence-corrected chi connectivity index (χ2v) is 5.39. The van der Waals surface area contributed by atoms with Crippen molar-refractivity contribution in [2.75, 3.05) is 13.6 Å². The monoisotopic (exact) mass is 239 g/mol. The quantitative estimate of drug-likeness (QED) is 0.817. The molecule has 1 aliphatic carbocycles. The molecule has 16 heavy (non-hydrogen) atoms. The van der Waals surface area contributed by atoms with E-state index in [0.29, 0.717) is 0 Å². The number of alkyl halides is 3. The number of aliphatic hydroxyl groups is 1. The molecule has 1 saturated carbocycles. The van der Waals surface area contributed by atoms with Crippen LogP contribution in [0.25, 0.3) is 0 Å². The average molecular weight is 239 g/mol. The summed E-state index contributed by atoms with van der Waals surface area (Å²) in [4.78, 5) is 1.63. The molecule has 0 spiro atoms. The van der Waals surface area contributed by atoms with Crippen LogP contribution < -0.4 is 0 Å². The summed E-state index contributed by atoms with van der Waals surface area (Å²) in [6, 6.07) is -0.141. The first-order valence-electron chi connectivity index (χ1n) is 5.58. The molecule has 1 aliphatic rings. The van der Waals surface area contributed by atoms with Crippen molar-refractivity contribution in [1.29, 1.82) is 0 Å². The molecule has 2 unspecified atom stereocenters. The third-order valence-corrected chi connectivity index (χ3v) is 3.56. The van der Waals surface area contributed by atoms with E-state index in [4.69, 9.17) is 0 Å². The van der Waals surface area contributed by atoms with Crippen LogP contribution in [0.2, 0.25) is 0 Å². The zero-order valence-electron chi connectivity index (χ0n) is 10.0. The number of aliphatic hydroxyl groups excluding tert-OH is 1. The molecule has 0 bridgehead atoms. The summed E-state index contributed by atoms with van der Waals surface area (Å²) < 4.78 is 36.2. The van der Waals surface area contributed by atoms with Gasteiger partial charge < -0.3 is 10.0 Å². The number of hydrogen-bond acceptors (Lipinski definition) is 2. The second-order valence-electron chi connectivity index (χ2n) is 5.39. The lowest BCUT2D eigenvalue weighted by atomic mass is 9.88.